The van der Waals surface area contributed by atoms with E-state index in [1.54, 1.807) is 0 Å². The van der Waals surface area contributed by atoms with Crippen LogP contribution in [0.1, 0.15) is 207 Å². The van der Waals surface area contributed by atoms with Crippen LogP contribution >= 0.6 is 0 Å². The predicted octanol–water partition coefficient (Wildman–Crippen LogP) is 13.7. The molecule has 5 nitrogen and oxygen atoms in total. The molecule has 5 heteroatoms. The lowest BCUT2D eigenvalue weighted by molar-refractivity contribution is -0.145. The van der Waals surface area contributed by atoms with Crippen LogP contribution in [-0.2, 0) is 20.7 Å². The van der Waals surface area contributed by atoms with Crippen LogP contribution in [0.3, 0.4) is 0 Å². The molecule has 4 N–H and O–H groups in total. The average Bonchev–Trinajstić information content (AvgIpc) is 3.52. The van der Waals surface area contributed by atoms with Crippen molar-refractivity contribution in [3.8, 4) is 0 Å². The van der Waals surface area contributed by atoms with E-state index in [0.717, 1.165) is 79.7 Å². The highest BCUT2D eigenvalue weighted by atomic mass is 16.5. The third kappa shape index (κ3) is 12.6. The monoisotopic (exact) mass is 763 g/mol. The van der Waals surface area contributed by atoms with Gasteiger partial charge >= 0.3 is 5.97 Å². The minimum Gasteiger partial charge on any atom is -0.466 e. The number of carbonyl (C=O) groups excluding carboxylic acids is 1. The summed E-state index contributed by atoms with van der Waals surface area (Å²) >= 11 is 0. The number of fused-ring (bicyclic) bond motifs is 5. The molecule has 4 aliphatic carbocycles. The number of aryl methyl sites for hydroxylation is 1. The van der Waals surface area contributed by atoms with Gasteiger partial charge in [0.05, 0.1) is 12.7 Å². The molecule has 4 saturated carbocycles. The third-order valence-electron chi connectivity index (χ3n) is 16.2. The van der Waals surface area contributed by atoms with Crippen LogP contribution in [0, 0.1) is 46.3 Å². The highest BCUT2D eigenvalue weighted by Crippen LogP contribution is 2.68. The van der Waals surface area contributed by atoms with Crippen molar-refractivity contribution in [3.05, 3.63) is 23.8 Å². The van der Waals surface area contributed by atoms with Crippen LogP contribution < -0.4 is 11.5 Å². The normalized spacial score (nSPS) is 30.7. The van der Waals surface area contributed by atoms with Gasteiger partial charge in [0, 0.05) is 24.4 Å². The summed E-state index contributed by atoms with van der Waals surface area (Å²) < 4.78 is 12.3. The summed E-state index contributed by atoms with van der Waals surface area (Å²) in [6.07, 6.45) is 36.4. The molecule has 0 amide bonds. The van der Waals surface area contributed by atoms with E-state index < -0.39 is 0 Å². The molecular formula is C50H86N2O3. The molecule has 0 spiro atoms. The summed E-state index contributed by atoms with van der Waals surface area (Å²) in [5.74, 6) is 4.86. The molecule has 0 aromatic heterocycles. The number of benzene rings is 1. The van der Waals surface area contributed by atoms with Gasteiger partial charge in [-0.1, -0.05) is 111 Å². The Balaban J connectivity index is 0.933. The number of carbonyl (C=O) groups is 1. The second kappa shape index (κ2) is 22.4. The van der Waals surface area contributed by atoms with Gasteiger partial charge in [0.2, 0.25) is 0 Å². The van der Waals surface area contributed by atoms with Crippen molar-refractivity contribution >= 4 is 17.3 Å². The fourth-order valence-electron chi connectivity index (χ4n) is 13.0. The third-order valence-corrected chi connectivity index (χ3v) is 16.2. The molecule has 55 heavy (non-hydrogen) atoms. The zero-order valence-electron chi connectivity index (χ0n) is 36.4. The maximum atomic E-state index is 12.8. The van der Waals surface area contributed by atoms with Crippen molar-refractivity contribution in [2.45, 2.75) is 214 Å². The van der Waals surface area contributed by atoms with Gasteiger partial charge in [0.1, 0.15) is 0 Å². The molecule has 3 unspecified atom stereocenters. The molecule has 5 rings (SSSR count). The Labute approximate surface area is 339 Å². The molecule has 0 heterocycles. The summed E-state index contributed by atoms with van der Waals surface area (Å²) in [6, 6.07) is 5.94. The number of hydrogen-bond donors (Lipinski definition) is 2. The SMILES string of the molecule is CCCCCCCCCCCCCCCCOC(=O)CCC(C)[C@H]1CC[C@H]2[C@@H]3CCC4CC(OCCCCc5cc(N)cc(N)c5)CC[C@]4(C)[C@H]3CC[C@]12C. The Kier molecular flexibility index (Phi) is 18.1. The standard InChI is InChI=1S/C50H86N2O3/c1-5-6-7-8-9-10-11-12-13-14-15-16-17-19-33-55-48(53)27-22-38(2)45-25-26-46-44-24-23-40-36-43(28-30-49(40,3)47(44)29-31-50(45,46)4)54-32-20-18-21-39-34-41(51)37-42(52)35-39/h34-35,37-38,40,43-47H,5-33,36,51-52H2,1-4H3/t38?,40?,43?,44-,45+,46-,47-,49-,50+/m0/s1. The molecule has 0 saturated heterocycles. The van der Waals surface area contributed by atoms with Crippen LogP contribution in [0.15, 0.2) is 18.2 Å². The van der Waals surface area contributed by atoms with Crippen molar-refractivity contribution in [3.63, 3.8) is 0 Å². The first-order valence-electron chi connectivity index (χ1n) is 24.1. The van der Waals surface area contributed by atoms with Gasteiger partial charge < -0.3 is 20.9 Å². The van der Waals surface area contributed by atoms with E-state index in [4.69, 9.17) is 20.9 Å². The van der Waals surface area contributed by atoms with E-state index in [9.17, 15) is 4.79 Å². The molecule has 1 aromatic rings. The fraction of sp³-hybridized carbons (Fsp3) is 0.860. The van der Waals surface area contributed by atoms with Crippen LogP contribution in [-0.4, -0.2) is 25.3 Å². The average molecular weight is 763 g/mol. The minimum atomic E-state index is 0.0409. The number of anilines is 2. The van der Waals surface area contributed by atoms with Crippen molar-refractivity contribution < 1.29 is 14.3 Å². The number of ether oxygens (including phenoxy) is 2. The number of nitrogens with two attached hydrogens (primary N) is 2. The number of nitrogen functional groups attached to an aromatic ring is 2. The molecule has 314 valence electrons. The van der Waals surface area contributed by atoms with Crippen LogP contribution in [0.2, 0.25) is 0 Å². The summed E-state index contributed by atoms with van der Waals surface area (Å²) in [6.45, 7) is 11.6. The first kappa shape index (κ1) is 44.4. The van der Waals surface area contributed by atoms with Gasteiger partial charge in [-0.25, -0.2) is 0 Å². The lowest BCUT2D eigenvalue weighted by Crippen LogP contribution is -2.54. The zero-order chi connectivity index (χ0) is 39.1. The highest BCUT2D eigenvalue weighted by Gasteiger charge is 2.60. The molecule has 4 aliphatic rings. The molecule has 0 radical (unpaired) electrons. The number of unbranched alkanes of at least 4 members (excludes halogenated alkanes) is 14. The molecule has 0 bridgehead atoms. The van der Waals surface area contributed by atoms with E-state index in [-0.39, 0.29) is 5.97 Å². The first-order valence-corrected chi connectivity index (χ1v) is 24.1. The Morgan fingerprint density at radius 2 is 1.31 bits per heavy atom. The summed E-state index contributed by atoms with van der Waals surface area (Å²) in [4.78, 5) is 12.8. The topological polar surface area (TPSA) is 87.6 Å². The summed E-state index contributed by atoms with van der Waals surface area (Å²) in [7, 11) is 0. The number of esters is 1. The molecule has 9 atom stereocenters. The van der Waals surface area contributed by atoms with Gasteiger partial charge in [-0.05, 0) is 160 Å². The summed E-state index contributed by atoms with van der Waals surface area (Å²) in [5.41, 5.74) is 15.7. The van der Waals surface area contributed by atoms with Gasteiger partial charge in [-0.3, -0.25) is 4.79 Å². The van der Waals surface area contributed by atoms with Crippen LogP contribution in [0.4, 0.5) is 11.4 Å². The molecular weight excluding hydrogens is 677 g/mol. The van der Waals surface area contributed by atoms with Crippen LogP contribution in [0.25, 0.3) is 0 Å². The maximum Gasteiger partial charge on any atom is 0.305 e. The van der Waals surface area contributed by atoms with E-state index in [1.807, 2.05) is 6.07 Å². The Morgan fingerprint density at radius 1 is 0.709 bits per heavy atom. The van der Waals surface area contributed by atoms with E-state index in [2.05, 4.69) is 39.8 Å². The predicted molar refractivity (Wildman–Crippen MR) is 233 cm³/mol. The fourth-order valence-corrected chi connectivity index (χ4v) is 13.0. The van der Waals surface area contributed by atoms with Crippen molar-refractivity contribution in [1.82, 2.24) is 0 Å². The van der Waals surface area contributed by atoms with Crippen LogP contribution in [0.5, 0.6) is 0 Å². The lowest BCUT2D eigenvalue weighted by Gasteiger charge is -2.61. The number of rotatable bonds is 25. The van der Waals surface area contributed by atoms with Gasteiger partial charge in [-0.2, -0.15) is 0 Å². The molecule has 4 fully saturated rings. The van der Waals surface area contributed by atoms with Crippen molar-refractivity contribution in [2.24, 2.45) is 46.3 Å². The highest BCUT2D eigenvalue weighted by molar-refractivity contribution is 5.69. The Bertz CT molecular complexity index is 1250. The van der Waals surface area contributed by atoms with Gasteiger partial charge in [0.25, 0.3) is 0 Å². The second-order valence-corrected chi connectivity index (χ2v) is 20.0. The van der Waals surface area contributed by atoms with Gasteiger partial charge in [-0.15, -0.1) is 0 Å². The zero-order valence-corrected chi connectivity index (χ0v) is 36.4. The van der Waals surface area contributed by atoms with E-state index >= 15 is 0 Å². The quantitative estimate of drug-likeness (QED) is 0.0588. The largest absolute Gasteiger partial charge is 0.466 e. The van der Waals surface area contributed by atoms with E-state index in [0.29, 0.717) is 35.9 Å². The summed E-state index contributed by atoms with van der Waals surface area (Å²) in [5, 5.41) is 0. The van der Waals surface area contributed by atoms with E-state index in [1.165, 1.54) is 147 Å². The first-order chi connectivity index (χ1) is 26.6. The maximum absolute atomic E-state index is 12.8. The molecule has 0 aliphatic heterocycles. The lowest BCUT2D eigenvalue weighted by atomic mass is 9.44. The Morgan fingerprint density at radius 3 is 1.98 bits per heavy atom. The smallest absolute Gasteiger partial charge is 0.305 e. The molecule has 1 aromatic carbocycles. The van der Waals surface area contributed by atoms with Crippen molar-refractivity contribution in [2.75, 3.05) is 24.7 Å². The second-order valence-electron chi connectivity index (χ2n) is 20.0. The number of hydrogen-bond acceptors (Lipinski definition) is 5. The minimum absolute atomic E-state index is 0.0409. The Hall–Kier alpha value is -1.75. The van der Waals surface area contributed by atoms with Crippen molar-refractivity contribution in [1.29, 1.82) is 0 Å². The van der Waals surface area contributed by atoms with Gasteiger partial charge in [0.15, 0.2) is 0 Å².